The summed E-state index contributed by atoms with van der Waals surface area (Å²) in [5, 5.41) is 3.96. The van der Waals surface area contributed by atoms with Crippen molar-refractivity contribution in [2.24, 2.45) is 0 Å². The summed E-state index contributed by atoms with van der Waals surface area (Å²) in [4.78, 5) is 11.9. The summed E-state index contributed by atoms with van der Waals surface area (Å²) in [7, 11) is -3.53. The molecular weight excluding hydrogens is 464 g/mol. The Morgan fingerprint density at radius 1 is 1.21 bits per heavy atom. The first kappa shape index (κ1) is 26.0. The van der Waals surface area contributed by atoms with Crippen molar-refractivity contribution < 1.29 is 35.5 Å². The predicted octanol–water partition coefficient (Wildman–Crippen LogP) is 4.98. The second-order valence-corrected chi connectivity index (χ2v) is 8.79. The number of aromatic nitrogens is 2. The molecule has 0 bridgehead atoms. The molecule has 33 heavy (non-hydrogen) atoms. The number of esters is 1. The first-order valence-electron chi connectivity index (χ1n) is 9.69. The van der Waals surface area contributed by atoms with E-state index in [9.17, 15) is 30.8 Å². The van der Waals surface area contributed by atoms with Crippen molar-refractivity contribution in [2.75, 3.05) is 12.9 Å². The second kappa shape index (κ2) is 10.6. The van der Waals surface area contributed by atoms with Crippen molar-refractivity contribution in [3.05, 3.63) is 65.7 Å². The van der Waals surface area contributed by atoms with Gasteiger partial charge in [0.1, 0.15) is 18.1 Å². The molecule has 2 aromatic rings. The number of ether oxygens (including phenoxy) is 1. The van der Waals surface area contributed by atoms with Crippen molar-refractivity contribution in [2.45, 2.75) is 31.5 Å². The smallest absolute Gasteiger partial charge is 0.433 e. The van der Waals surface area contributed by atoms with E-state index in [1.807, 2.05) is 0 Å². The topological polar surface area (TPSA) is 78.3 Å². The Kier molecular flexibility index (Phi) is 8.37. The molecule has 0 saturated heterocycles. The fourth-order valence-corrected chi connectivity index (χ4v) is 3.53. The maximum Gasteiger partial charge on any atom is 0.433 e. The van der Waals surface area contributed by atoms with Crippen molar-refractivity contribution in [3.8, 4) is 11.3 Å². The molecule has 0 radical (unpaired) electrons. The standard InChI is InChI=1S/C22H22F4N2O4S/c1-4-7-16(23)8-6-9-18-20(15-10-12-17(13-11-15)33(3,30)31)27-28(14-19(29)32-5-2)21(18)22(24,25)26/h4,6-13H,5,14H2,1-3H3/b7-4-,9-6+,16-8+. The number of carbonyl (C=O) groups excluding carboxylic acids is 1. The number of benzene rings is 1. The van der Waals surface area contributed by atoms with Crippen LogP contribution < -0.4 is 0 Å². The number of carbonyl (C=O) groups is 1. The molecule has 11 heteroatoms. The Morgan fingerprint density at radius 2 is 1.85 bits per heavy atom. The van der Waals surface area contributed by atoms with E-state index in [1.54, 1.807) is 6.92 Å². The summed E-state index contributed by atoms with van der Waals surface area (Å²) in [6.45, 7) is 2.27. The van der Waals surface area contributed by atoms with Crippen LogP contribution in [-0.4, -0.2) is 37.0 Å². The number of sulfone groups is 1. The number of hydrogen-bond donors (Lipinski definition) is 0. The van der Waals surface area contributed by atoms with E-state index >= 15 is 0 Å². The zero-order valence-corrected chi connectivity index (χ0v) is 18.9. The average Bonchev–Trinajstić information content (AvgIpc) is 3.06. The van der Waals surface area contributed by atoms with Crippen LogP contribution in [0.1, 0.15) is 25.1 Å². The Bertz CT molecular complexity index is 1190. The Hall–Kier alpha value is -3.21. The molecule has 0 N–H and O–H groups in total. The van der Waals surface area contributed by atoms with E-state index < -0.39 is 45.6 Å². The molecule has 6 nitrogen and oxygen atoms in total. The number of halogens is 4. The van der Waals surface area contributed by atoms with Crippen LogP contribution in [0.3, 0.4) is 0 Å². The lowest BCUT2D eigenvalue weighted by Gasteiger charge is -2.11. The van der Waals surface area contributed by atoms with Crippen molar-refractivity contribution in [3.63, 3.8) is 0 Å². The third-order valence-electron chi connectivity index (χ3n) is 4.24. The van der Waals surface area contributed by atoms with Crippen molar-refractivity contribution in [1.29, 1.82) is 0 Å². The first-order valence-corrected chi connectivity index (χ1v) is 11.6. The van der Waals surface area contributed by atoms with E-state index in [-0.39, 0.29) is 22.8 Å². The van der Waals surface area contributed by atoms with Crippen LogP contribution in [0.5, 0.6) is 0 Å². The lowest BCUT2D eigenvalue weighted by atomic mass is 10.0. The van der Waals surface area contributed by atoms with E-state index in [2.05, 4.69) is 5.10 Å². The average molecular weight is 486 g/mol. The third-order valence-corrected chi connectivity index (χ3v) is 5.37. The minimum atomic E-state index is -4.91. The Morgan fingerprint density at radius 3 is 2.36 bits per heavy atom. The van der Waals surface area contributed by atoms with Gasteiger partial charge in [-0.25, -0.2) is 17.5 Å². The molecule has 0 atom stereocenters. The van der Waals surface area contributed by atoms with Crippen LogP contribution in [0.25, 0.3) is 17.3 Å². The zero-order valence-electron chi connectivity index (χ0n) is 18.1. The summed E-state index contributed by atoms with van der Waals surface area (Å²) in [5.74, 6) is -1.60. The number of allylic oxidation sites excluding steroid dienone is 5. The molecule has 0 amide bonds. The molecule has 0 aliphatic rings. The highest BCUT2D eigenvalue weighted by atomic mass is 32.2. The SMILES string of the molecule is C\C=C/C(F)=C\C=C\c1c(-c2ccc(S(C)(=O)=O)cc2)nn(CC(=O)OCC)c1C(F)(F)F. The van der Waals surface area contributed by atoms with Gasteiger partial charge in [-0.15, -0.1) is 0 Å². The second-order valence-electron chi connectivity index (χ2n) is 6.78. The van der Waals surface area contributed by atoms with Crippen molar-refractivity contribution >= 4 is 21.9 Å². The van der Waals surface area contributed by atoms with Gasteiger partial charge in [0.15, 0.2) is 15.5 Å². The minimum absolute atomic E-state index is 0.0248. The normalized spacial score (nSPS) is 13.2. The minimum Gasteiger partial charge on any atom is -0.465 e. The third kappa shape index (κ3) is 6.88. The quantitative estimate of drug-likeness (QED) is 0.299. The van der Waals surface area contributed by atoms with Crippen LogP contribution in [0.2, 0.25) is 0 Å². The molecule has 1 aromatic heterocycles. The van der Waals surface area contributed by atoms with Gasteiger partial charge >= 0.3 is 12.1 Å². The maximum atomic E-state index is 14.0. The van der Waals surface area contributed by atoms with E-state index in [1.165, 1.54) is 37.3 Å². The summed E-state index contributed by atoms with van der Waals surface area (Å²) < 4.78 is 84.2. The molecular formula is C22H22F4N2O4S. The molecule has 0 fully saturated rings. The fourth-order valence-electron chi connectivity index (χ4n) is 2.90. The van der Waals surface area contributed by atoms with Gasteiger partial charge < -0.3 is 4.74 Å². The first-order chi connectivity index (χ1) is 15.4. The Labute approximate surface area is 188 Å². The molecule has 0 aliphatic carbocycles. The van der Waals surface area contributed by atoms with Gasteiger partial charge in [0.05, 0.1) is 11.5 Å². The number of alkyl halides is 3. The summed E-state index contributed by atoms with van der Waals surface area (Å²) in [6, 6.07) is 5.09. The van der Waals surface area contributed by atoms with Crippen LogP contribution in [0, 0.1) is 0 Å². The zero-order chi connectivity index (χ0) is 24.8. The van der Waals surface area contributed by atoms with E-state index in [0.717, 1.165) is 30.6 Å². The van der Waals surface area contributed by atoms with Crippen molar-refractivity contribution in [1.82, 2.24) is 9.78 Å². The molecule has 1 heterocycles. The molecule has 0 saturated carbocycles. The lowest BCUT2D eigenvalue weighted by molar-refractivity contribution is -0.149. The molecule has 2 rings (SSSR count). The predicted molar refractivity (Wildman–Crippen MR) is 115 cm³/mol. The number of hydrogen-bond acceptors (Lipinski definition) is 5. The van der Waals surface area contributed by atoms with Gasteiger partial charge in [0.2, 0.25) is 0 Å². The summed E-state index contributed by atoms with van der Waals surface area (Å²) in [5.41, 5.74) is -1.63. The fraction of sp³-hybridized carbons (Fsp3) is 0.273. The van der Waals surface area contributed by atoms with Gasteiger partial charge in [-0.05, 0) is 38.1 Å². The van der Waals surface area contributed by atoms with Gasteiger partial charge in [-0.2, -0.15) is 18.3 Å². The molecule has 0 spiro atoms. The maximum absolute atomic E-state index is 14.0. The van der Waals surface area contributed by atoms with Gasteiger partial charge in [0.25, 0.3) is 0 Å². The summed E-state index contributed by atoms with van der Waals surface area (Å²) >= 11 is 0. The van der Waals surface area contributed by atoms with Crippen LogP contribution in [0.15, 0.2) is 59.3 Å². The molecule has 1 aromatic carbocycles. The largest absolute Gasteiger partial charge is 0.465 e. The highest BCUT2D eigenvalue weighted by Gasteiger charge is 2.40. The van der Waals surface area contributed by atoms with Gasteiger partial charge in [-0.3, -0.25) is 4.79 Å². The van der Waals surface area contributed by atoms with Gasteiger partial charge in [-0.1, -0.05) is 30.4 Å². The molecule has 178 valence electrons. The van der Waals surface area contributed by atoms with E-state index in [4.69, 9.17) is 4.74 Å². The molecule has 0 aliphatic heterocycles. The highest BCUT2D eigenvalue weighted by Crippen LogP contribution is 2.38. The van der Waals surface area contributed by atoms with Crippen LogP contribution in [0.4, 0.5) is 17.6 Å². The number of rotatable bonds is 8. The Balaban J connectivity index is 2.72. The highest BCUT2D eigenvalue weighted by molar-refractivity contribution is 7.90. The monoisotopic (exact) mass is 486 g/mol. The van der Waals surface area contributed by atoms with Gasteiger partial charge in [0, 0.05) is 17.4 Å². The lowest BCUT2D eigenvalue weighted by Crippen LogP contribution is -2.21. The number of nitrogens with zero attached hydrogens (tertiary/aromatic N) is 2. The summed E-state index contributed by atoms with van der Waals surface area (Å²) in [6.07, 6.45) is 1.73. The van der Waals surface area contributed by atoms with Crippen LogP contribution in [-0.2, 0) is 32.1 Å². The van der Waals surface area contributed by atoms with E-state index in [0.29, 0.717) is 4.68 Å². The van der Waals surface area contributed by atoms with Crippen LogP contribution >= 0.6 is 0 Å². The molecule has 0 unspecified atom stereocenters.